The summed E-state index contributed by atoms with van der Waals surface area (Å²) in [5.41, 5.74) is 0.446. The number of hydrogen-bond donors (Lipinski definition) is 0. The predicted molar refractivity (Wildman–Crippen MR) is 113 cm³/mol. The summed E-state index contributed by atoms with van der Waals surface area (Å²) in [5, 5.41) is 0.00218. The molecule has 0 radical (unpaired) electrons. The molecule has 6 nitrogen and oxygen atoms in total. The summed E-state index contributed by atoms with van der Waals surface area (Å²) in [7, 11) is -3.19. The Kier molecular flexibility index (Phi) is 16.3. The van der Waals surface area contributed by atoms with Gasteiger partial charge in [-0.15, -0.1) is 0 Å². The molecule has 7 heteroatoms. The van der Waals surface area contributed by atoms with Gasteiger partial charge in [0.1, 0.15) is 0 Å². The van der Waals surface area contributed by atoms with E-state index in [0.717, 1.165) is 51.4 Å². The van der Waals surface area contributed by atoms with Gasteiger partial charge in [0.2, 0.25) is 5.41 Å². The van der Waals surface area contributed by atoms with Crippen molar-refractivity contribution in [3.8, 4) is 0 Å². The maximum absolute atomic E-state index is 12.6. The number of hydrogen-bond acceptors (Lipinski definition) is 6. The van der Waals surface area contributed by atoms with E-state index in [1.807, 2.05) is 20.8 Å². The lowest BCUT2D eigenvalue weighted by Crippen LogP contribution is -2.54. The van der Waals surface area contributed by atoms with Crippen LogP contribution in [0, 0.1) is 0 Å². The van der Waals surface area contributed by atoms with Gasteiger partial charge in [-0.1, -0.05) is 45.1 Å². The highest BCUT2D eigenvalue weighted by atomic mass is 28.4. The van der Waals surface area contributed by atoms with Crippen molar-refractivity contribution in [3.05, 3.63) is 12.2 Å². The summed E-state index contributed by atoms with van der Waals surface area (Å²) < 4.78 is 22.0. The highest BCUT2D eigenvalue weighted by Crippen LogP contribution is 2.17. The third-order valence-electron chi connectivity index (χ3n) is 4.22. The molecule has 0 unspecified atom stereocenters. The first-order valence-corrected chi connectivity index (χ1v) is 12.4. The molecule has 0 aliphatic carbocycles. The molecule has 0 aliphatic rings. The SMILES string of the molecule is C=C(C)C(=O)OCCCCCCCCCCC(=O)[Si](OCC)(OCC)OCC. The largest absolute Gasteiger partial charge is 0.574 e. The molecule has 0 aliphatic heterocycles. The summed E-state index contributed by atoms with van der Waals surface area (Å²) >= 11 is 0. The Morgan fingerprint density at radius 1 is 0.750 bits per heavy atom. The number of carbonyl (C=O) groups is 2. The third-order valence-corrected chi connectivity index (χ3v) is 7.16. The minimum atomic E-state index is -3.19. The van der Waals surface area contributed by atoms with Gasteiger partial charge in [-0.3, -0.25) is 4.79 Å². The van der Waals surface area contributed by atoms with Crippen molar-refractivity contribution in [3.63, 3.8) is 0 Å². The summed E-state index contributed by atoms with van der Waals surface area (Å²) in [5.74, 6) is -0.306. The van der Waals surface area contributed by atoms with E-state index in [4.69, 9.17) is 18.0 Å². The standard InChI is InChI=1S/C21H40O6Si/c1-6-25-28(26-7-2,27-8-3)20(22)17-15-13-11-9-10-12-14-16-18-24-21(23)19(4)5/h4,6-18H2,1-3,5H3. The van der Waals surface area contributed by atoms with Crippen molar-refractivity contribution in [1.29, 1.82) is 0 Å². The Morgan fingerprint density at radius 3 is 1.61 bits per heavy atom. The molecule has 0 bridgehead atoms. The Labute approximate surface area is 172 Å². The van der Waals surface area contributed by atoms with E-state index in [1.54, 1.807) is 6.92 Å². The van der Waals surface area contributed by atoms with Gasteiger partial charge >= 0.3 is 14.8 Å². The van der Waals surface area contributed by atoms with Crippen LogP contribution in [-0.2, 0) is 27.6 Å². The smallest absolute Gasteiger partial charge is 0.462 e. The zero-order valence-electron chi connectivity index (χ0n) is 18.3. The monoisotopic (exact) mass is 416 g/mol. The van der Waals surface area contributed by atoms with Crippen LogP contribution in [0.2, 0.25) is 0 Å². The first kappa shape index (κ1) is 27.0. The quantitative estimate of drug-likeness (QED) is 0.131. The Hall–Kier alpha value is -1.02. The van der Waals surface area contributed by atoms with Gasteiger partial charge in [0.25, 0.3) is 0 Å². The van der Waals surface area contributed by atoms with E-state index < -0.39 is 8.80 Å². The van der Waals surface area contributed by atoms with Gasteiger partial charge in [-0.25, -0.2) is 4.79 Å². The summed E-state index contributed by atoms with van der Waals surface area (Å²) in [6.07, 6.45) is 8.86. The van der Waals surface area contributed by atoms with Crippen molar-refractivity contribution in [2.24, 2.45) is 0 Å². The molecule has 0 atom stereocenters. The zero-order valence-corrected chi connectivity index (χ0v) is 19.3. The van der Waals surface area contributed by atoms with Gasteiger partial charge in [0.05, 0.1) is 6.61 Å². The van der Waals surface area contributed by atoms with Gasteiger partial charge < -0.3 is 18.0 Å². The van der Waals surface area contributed by atoms with Gasteiger partial charge in [0.15, 0.2) is 0 Å². The molecule has 0 aromatic heterocycles. The summed E-state index contributed by atoms with van der Waals surface area (Å²) in [6, 6.07) is 0. The fraction of sp³-hybridized carbons (Fsp3) is 0.810. The van der Waals surface area contributed by atoms with Crippen LogP contribution in [-0.4, -0.2) is 46.6 Å². The van der Waals surface area contributed by atoms with Crippen molar-refractivity contribution in [2.45, 2.75) is 85.5 Å². The predicted octanol–water partition coefficient (Wildman–Crippen LogP) is 4.77. The first-order chi connectivity index (χ1) is 13.4. The average Bonchev–Trinajstić information content (AvgIpc) is 2.66. The van der Waals surface area contributed by atoms with E-state index in [-0.39, 0.29) is 11.4 Å². The van der Waals surface area contributed by atoms with Crippen LogP contribution in [0.3, 0.4) is 0 Å². The minimum absolute atomic E-state index is 0.00218. The molecule has 0 aromatic rings. The van der Waals surface area contributed by atoms with Gasteiger partial charge in [-0.05, 0) is 40.5 Å². The van der Waals surface area contributed by atoms with E-state index in [2.05, 4.69) is 6.58 Å². The molecule has 0 fully saturated rings. The second-order valence-electron chi connectivity index (χ2n) is 6.77. The molecule has 0 spiro atoms. The number of ether oxygens (including phenoxy) is 1. The topological polar surface area (TPSA) is 71.1 Å². The summed E-state index contributed by atoms with van der Waals surface area (Å²) in [6.45, 7) is 12.5. The number of carbonyl (C=O) groups excluding carboxylic acids is 2. The van der Waals surface area contributed by atoms with Crippen molar-refractivity contribution in [1.82, 2.24) is 0 Å². The van der Waals surface area contributed by atoms with Crippen LogP contribution in [0.5, 0.6) is 0 Å². The molecule has 0 amide bonds. The Morgan fingerprint density at radius 2 is 1.18 bits per heavy atom. The molecule has 0 rings (SSSR count). The molecule has 0 N–H and O–H groups in total. The van der Waals surface area contributed by atoms with Crippen LogP contribution >= 0.6 is 0 Å². The molecule has 0 saturated carbocycles. The van der Waals surface area contributed by atoms with Gasteiger partial charge in [0, 0.05) is 31.8 Å². The van der Waals surface area contributed by atoms with Crippen LogP contribution in [0.25, 0.3) is 0 Å². The van der Waals surface area contributed by atoms with E-state index in [0.29, 0.717) is 38.4 Å². The Balaban J connectivity index is 3.81. The lowest BCUT2D eigenvalue weighted by molar-refractivity contribution is -0.139. The summed E-state index contributed by atoms with van der Waals surface area (Å²) in [4.78, 5) is 23.8. The molecule has 0 aromatic carbocycles. The zero-order chi connectivity index (χ0) is 21.3. The second-order valence-corrected chi connectivity index (χ2v) is 9.31. The fourth-order valence-corrected chi connectivity index (χ4v) is 5.18. The highest BCUT2D eigenvalue weighted by molar-refractivity contribution is 6.92. The number of esters is 1. The van der Waals surface area contributed by atoms with Crippen molar-refractivity contribution >= 4 is 20.2 Å². The number of unbranched alkanes of at least 4 members (excludes halogenated alkanes) is 7. The average molecular weight is 417 g/mol. The lowest BCUT2D eigenvalue weighted by Gasteiger charge is -2.26. The van der Waals surface area contributed by atoms with Gasteiger partial charge in [-0.2, -0.15) is 0 Å². The highest BCUT2D eigenvalue weighted by Gasteiger charge is 2.48. The molecule has 28 heavy (non-hydrogen) atoms. The van der Waals surface area contributed by atoms with E-state index >= 15 is 0 Å². The second kappa shape index (κ2) is 16.9. The normalized spacial score (nSPS) is 11.4. The molecule has 0 heterocycles. The van der Waals surface area contributed by atoms with E-state index in [9.17, 15) is 9.59 Å². The third kappa shape index (κ3) is 11.7. The van der Waals surface area contributed by atoms with Crippen molar-refractivity contribution < 1.29 is 27.6 Å². The fourth-order valence-electron chi connectivity index (χ4n) is 2.83. The van der Waals surface area contributed by atoms with Crippen LogP contribution in [0.4, 0.5) is 0 Å². The minimum Gasteiger partial charge on any atom is -0.462 e. The Bertz CT molecular complexity index is 435. The van der Waals surface area contributed by atoms with E-state index in [1.165, 1.54) is 0 Å². The van der Waals surface area contributed by atoms with Crippen LogP contribution < -0.4 is 0 Å². The molecular weight excluding hydrogens is 376 g/mol. The maximum atomic E-state index is 12.6. The van der Waals surface area contributed by atoms with Crippen LogP contribution in [0.15, 0.2) is 12.2 Å². The molecule has 0 saturated heterocycles. The first-order valence-electron chi connectivity index (χ1n) is 10.7. The maximum Gasteiger partial charge on any atom is 0.574 e. The lowest BCUT2D eigenvalue weighted by atomic mass is 10.1. The van der Waals surface area contributed by atoms with Crippen LogP contribution in [0.1, 0.15) is 85.5 Å². The molecular formula is C21H40O6Si. The molecule has 164 valence electrons. The van der Waals surface area contributed by atoms with Crippen molar-refractivity contribution in [2.75, 3.05) is 26.4 Å². The number of rotatable bonds is 19.